The Bertz CT molecular complexity index is 248. The molecule has 0 unspecified atom stereocenters. The van der Waals surface area contributed by atoms with Gasteiger partial charge in [0, 0.05) is 5.88 Å². The third-order valence-corrected chi connectivity index (χ3v) is 2.58. The van der Waals surface area contributed by atoms with Gasteiger partial charge in [-0.05, 0) is 28.4 Å². The van der Waals surface area contributed by atoms with Crippen LogP contribution in [0.15, 0.2) is 30.3 Å². The minimum Gasteiger partial charge on any atom is -0.358 e. The predicted molar refractivity (Wildman–Crippen MR) is 59.4 cm³/mol. The molecule has 1 nitrogen and oxygen atoms in total. The lowest BCUT2D eigenvalue weighted by Crippen LogP contribution is -2.18. The Kier molecular flexibility index (Phi) is 4.23. The van der Waals surface area contributed by atoms with Crippen LogP contribution >= 0.6 is 27.5 Å². The summed E-state index contributed by atoms with van der Waals surface area (Å²) in [4.78, 5) is 0. The first-order valence-electron chi connectivity index (χ1n) is 4.11. The minimum atomic E-state index is -0.427. The lowest BCUT2D eigenvalue weighted by molar-refractivity contribution is 0.0537. The summed E-state index contributed by atoms with van der Waals surface area (Å²) in [5.41, 5.74) is 1.10. The highest BCUT2D eigenvalue weighted by atomic mass is 79.9. The summed E-state index contributed by atoms with van der Waals surface area (Å²) in [6.45, 7) is 2.51. The molecule has 13 heavy (non-hydrogen) atoms. The number of hydrogen-bond donors (Lipinski definition) is 0. The molecule has 1 rings (SSSR count). The van der Waals surface area contributed by atoms with Crippen LogP contribution in [-0.2, 0) is 9.25 Å². The number of alkyl halides is 2. The molecule has 72 valence electrons. The fraction of sp³-hybridized carbons (Fsp3) is 0.400. The molecule has 1 atom stereocenters. The van der Waals surface area contributed by atoms with E-state index in [9.17, 15) is 0 Å². The normalized spacial score (nSPS) is 15.3. The second-order valence-electron chi connectivity index (χ2n) is 2.82. The van der Waals surface area contributed by atoms with Crippen molar-refractivity contribution in [1.29, 1.82) is 0 Å². The van der Waals surface area contributed by atoms with Gasteiger partial charge in [-0.25, -0.2) is 0 Å². The quantitative estimate of drug-likeness (QED) is 0.756. The van der Waals surface area contributed by atoms with Gasteiger partial charge in [0.05, 0.1) is 6.61 Å². The third kappa shape index (κ3) is 3.29. The molecule has 0 aliphatic carbocycles. The van der Waals surface area contributed by atoms with Gasteiger partial charge in [-0.2, -0.15) is 0 Å². The van der Waals surface area contributed by atoms with Crippen molar-refractivity contribution in [1.82, 2.24) is 0 Å². The van der Waals surface area contributed by atoms with Gasteiger partial charge < -0.3 is 4.74 Å². The third-order valence-electron chi connectivity index (χ3n) is 1.74. The highest BCUT2D eigenvalue weighted by molar-refractivity contribution is 9.09. The van der Waals surface area contributed by atoms with Crippen molar-refractivity contribution in [2.24, 2.45) is 0 Å². The summed E-state index contributed by atoms with van der Waals surface area (Å²) < 4.78 is 5.12. The van der Waals surface area contributed by atoms with E-state index in [-0.39, 0.29) is 0 Å². The molecule has 0 saturated carbocycles. The van der Waals surface area contributed by atoms with Crippen LogP contribution in [-0.4, -0.2) is 12.5 Å². The highest BCUT2D eigenvalue weighted by Crippen LogP contribution is 2.31. The van der Waals surface area contributed by atoms with Crippen molar-refractivity contribution in [3.63, 3.8) is 0 Å². The van der Waals surface area contributed by atoms with Gasteiger partial charge in [-0.15, -0.1) is 11.6 Å². The van der Waals surface area contributed by atoms with Crippen LogP contribution in [0.3, 0.4) is 0 Å². The zero-order valence-corrected chi connectivity index (χ0v) is 9.81. The smallest absolute Gasteiger partial charge is 0.145 e. The van der Waals surface area contributed by atoms with E-state index in [1.165, 1.54) is 0 Å². The Morgan fingerprint density at radius 3 is 2.54 bits per heavy atom. The van der Waals surface area contributed by atoms with Crippen LogP contribution in [0.5, 0.6) is 0 Å². The van der Waals surface area contributed by atoms with E-state index in [1.54, 1.807) is 0 Å². The molecule has 0 spiro atoms. The molecule has 0 fully saturated rings. The molecule has 0 heterocycles. The molecule has 1 aromatic rings. The van der Waals surface area contributed by atoms with Crippen molar-refractivity contribution >= 4 is 27.5 Å². The topological polar surface area (TPSA) is 9.23 Å². The predicted octanol–water partition coefficient (Wildman–Crippen LogP) is 3.51. The van der Waals surface area contributed by atoms with Crippen LogP contribution in [0.25, 0.3) is 0 Å². The monoisotopic (exact) mass is 262 g/mol. The molecule has 0 aliphatic heterocycles. The average molecular weight is 264 g/mol. The lowest BCUT2D eigenvalue weighted by Gasteiger charge is -2.23. The average Bonchev–Trinajstić information content (AvgIpc) is 2.16. The number of halogens is 2. The number of hydrogen-bond acceptors (Lipinski definition) is 1. The summed E-state index contributed by atoms with van der Waals surface area (Å²) in [5, 5.41) is 0. The van der Waals surface area contributed by atoms with E-state index in [0.29, 0.717) is 12.5 Å². The molecule has 3 heteroatoms. The van der Waals surface area contributed by atoms with Crippen LogP contribution in [0, 0.1) is 0 Å². The summed E-state index contributed by atoms with van der Waals surface area (Å²) in [6.07, 6.45) is 0. The first-order chi connectivity index (χ1) is 6.17. The van der Waals surface area contributed by atoms with Gasteiger partial charge >= 0.3 is 0 Å². The molecule has 1 aromatic carbocycles. The van der Waals surface area contributed by atoms with Gasteiger partial charge in [-0.1, -0.05) is 30.3 Å². The standard InChI is InChI=1S/C10H12BrClO/c1-10(11,13-8-7-12)9-5-3-2-4-6-9/h2-6H,7-8H2,1H3/t10-/m0/s1. The zero-order valence-electron chi connectivity index (χ0n) is 7.47. The molecule has 0 N–H and O–H groups in total. The fourth-order valence-corrected chi connectivity index (χ4v) is 1.55. The van der Waals surface area contributed by atoms with Gasteiger partial charge in [-0.3, -0.25) is 0 Å². The molecular weight excluding hydrogens is 251 g/mol. The number of ether oxygens (including phenoxy) is 1. The molecule has 0 amide bonds. The van der Waals surface area contributed by atoms with E-state index in [2.05, 4.69) is 15.9 Å². The van der Waals surface area contributed by atoms with Gasteiger partial charge in [0.2, 0.25) is 0 Å². The SMILES string of the molecule is C[C@](Br)(OCCCl)c1ccccc1. The molecular formula is C10H12BrClO. The Balaban J connectivity index is 2.69. The lowest BCUT2D eigenvalue weighted by atomic mass is 10.1. The van der Waals surface area contributed by atoms with E-state index in [4.69, 9.17) is 16.3 Å². The molecule has 0 saturated heterocycles. The largest absolute Gasteiger partial charge is 0.358 e. The van der Waals surface area contributed by atoms with E-state index in [0.717, 1.165) is 5.56 Å². The van der Waals surface area contributed by atoms with Gasteiger partial charge in [0.1, 0.15) is 4.51 Å². The van der Waals surface area contributed by atoms with Crippen molar-refractivity contribution in [2.75, 3.05) is 12.5 Å². The van der Waals surface area contributed by atoms with Crippen molar-refractivity contribution in [2.45, 2.75) is 11.4 Å². The Labute approximate surface area is 92.2 Å². The number of rotatable bonds is 4. The first-order valence-corrected chi connectivity index (χ1v) is 5.44. The molecule has 0 bridgehead atoms. The summed E-state index contributed by atoms with van der Waals surface area (Å²) in [7, 11) is 0. The summed E-state index contributed by atoms with van der Waals surface area (Å²) in [6, 6.07) is 9.98. The van der Waals surface area contributed by atoms with Crippen molar-refractivity contribution in [3.05, 3.63) is 35.9 Å². The number of benzene rings is 1. The zero-order chi connectivity index (χ0) is 9.73. The van der Waals surface area contributed by atoms with Crippen molar-refractivity contribution < 1.29 is 4.74 Å². The maximum atomic E-state index is 5.55. The molecule has 0 aromatic heterocycles. The van der Waals surface area contributed by atoms with Crippen LogP contribution in [0.4, 0.5) is 0 Å². The van der Waals surface area contributed by atoms with E-state index < -0.39 is 4.51 Å². The second-order valence-corrected chi connectivity index (χ2v) is 4.71. The van der Waals surface area contributed by atoms with Crippen LogP contribution in [0.1, 0.15) is 12.5 Å². The Morgan fingerprint density at radius 2 is 2.00 bits per heavy atom. The maximum Gasteiger partial charge on any atom is 0.145 e. The minimum absolute atomic E-state index is 0.427. The van der Waals surface area contributed by atoms with Gasteiger partial charge in [0.15, 0.2) is 0 Å². The van der Waals surface area contributed by atoms with Crippen LogP contribution in [0.2, 0.25) is 0 Å². The van der Waals surface area contributed by atoms with Gasteiger partial charge in [0.25, 0.3) is 0 Å². The Hall–Kier alpha value is -0.0500. The fourth-order valence-electron chi connectivity index (χ4n) is 1.05. The second kappa shape index (κ2) is 4.99. The molecule has 0 aliphatic rings. The molecule has 0 radical (unpaired) electrons. The first kappa shape index (κ1) is 11.0. The van der Waals surface area contributed by atoms with Crippen LogP contribution < -0.4 is 0 Å². The van der Waals surface area contributed by atoms with E-state index >= 15 is 0 Å². The Morgan fingerprint density at radius 1 is 1.38 bits per heavy atom. The van der Waals surface area contributed by atoms with Crippen molar-refractivity contribution in [3.8, 4) is 0 Å². The summed E-state index contributed by atoms with van der Waals surface area (Å²) in [5.74, 6) is 0.508. The highest BCUT2D eigenvalue weighted by Gasteiger charge is 2.22. The summed E-state index contributed by atoms with van der Waals surface area (Å²) >= 11 is 9.06. The maximum absolute atomic E-state index is 5.55. The van der Waals surface area contributed by atoms with E-state index in [1.807, 2.05) is 37.3 Å².